The highest BCUT2D eigenvalue weighted by Crippen LogP contribution is 2.20. The zero-order chi connectivity index (χ0) is 18.6. The van der Waals surface area contributed by atoms with Crippen LogP contribution in [0.3, 0.4) is 0 Å². The second-order valence-electron chi connectivity index (χ2n) is 5.10. The number of anilines is 2. The molecule has 2 rings (SSSR count). The van der Waals surface area contributed by atoms with Crippen molar-refractivity contribution in [3.63, 3.8) is 0 Å². The molecule has 0 aliphatic carbocycles. The first-order valence-corrected chi connectivity index (χ1v) is 8.78. The van der Waals surface area contributed by atoms with Crippen molar-refractivity contribution in [1.82, 2.24) is 0 Å². The molecule has 1 N–H and O–H groups in total. The maximum absolute atomic E-state index is 13.6. The Morgan fingerprint density at radius 2 is 1.96 bits per heavy atom. The van der Waals surface area contributed by atoms with Crippen LogP contribution in [0.15, 0.2) is 42.5 Å². The van der Waals surface area contributed by atoms with Crippen molar-refractivity contribution < 1.29 is 22.0 Å². The van der Waals surface area contributed by atoms with Crippen molar-refractivity contribution in [2.75, 3.05) is 22.4 Å². The summed E-state index contributed by atoms with van der Waals surface area (Å²) in [4.78, 5) is 12.1. The summed E-state index contributed by atoms with van der Waals surface area (Å²) in [5, 5.41) is 11.1. The van der Waals surface area contributed by atoms with Gasteiger partial charge in [0.15, 0.2) is 0 Å². The van der Waals surface area contributed by atoms with Crippen LogP contribution in [0.4, 0.5) is 20.2 Å². The van der Waals surface area contributed by atoms with Gasteiger partial charge in [0, 0.05) is 6.07 Å². The molecule has 2 aromatic rings. The lowest BCUT2D eigenvalue weighted by Gasteiger charge is -2.22. The summed E-state index contributed by atoms with van der Waals surface area (Å²) in [6, 6.07) is 10.2. The van der Waals surface area contributed by atoms with Gasteiger partial charge in [-0.05, 0) is 30.3 Å². The van der Waals surface area contributed by atoms with E-state index < -0.39 is 34.1 Å². The van der Waals surface area contributed by atoms with Crippen LogP contribution in [0.5, 0.6) is 0 Å². The van der Waals surface area contributed by atoms with Crippen molar-refractivity contribution in [2.24, 2.45) is 0 Å². The van der Waals surface area contributed by atoms with Gasteiger partial charge in [-0.2, -0.15) is 5.26 Å². The molecule has 9 heteroatoms. The lowest BCUT2D eigenvalue weighted by molar-refractivity contribution is -0.114. The van der Waals surface area contributed by atoms with E-state index in [1.165, 1.54) is 24.3 Å². The summed E-state index contributed by atoms with van der Waals surface area (Å²) in [7, 11) is -3.84. The number of nitrogens with zero attached hydrogens (tertiary/aromatic N) is 2. The monoisotopic (exact) mass is 365 g/mol. The normalized spacial score (nSPS) is 10.8. The first-order valence-electron chi connectivity index (χ1n) is 6.93. The van der Waals surface area contributed by atoms with E-state index in [1.807, 2.05) is 6.07 Å². The number of sulfonamides is 1. The second kappa shape index (κ2) is 7.27. The molecular weight excluding hydrogens is 352 g/mol. The molecule has 0 saturated carbocycles. The van der Waals surface area contributed by atoms with Crippen LogP contribution in [-0.4, -0.2) is 27.1 Å². The van der Waals surface area contributed by atoms with Crippen LogP contribution in [0.25, 0.3) is 0 Å². The van der Waals surface area contributed by atoms with E-state index in [9.17, 15) is 22.0 Å². The average molecular weight is 365 g/mol. The third-order valence-corrected chi connectivity index (χ3v) is 4.30. The van der Waals surface area contributed by atoms with Crippen LogP contribution >= 0.6 is 0 Å². The highest BCUT2D eigenvalue weighted by molar-refractivity contribution is 7.92. The quantitative estimate of drug-likeness (QED) is 0.880. The predicted molar refractivity (Wildman–Crippen MR) is 88.3 cm³/mol. The number of carbonyl (C=O) groups is 1. The fourth-order valence-electron chi connectivity index (χ4n) is 2.04. The van der Waals surface area contributed by atoms with Gasteiger partial charge in [-0.25, -0.2) is 17.2 Å². The topological polar surface area (TPSA) is 90.3 Å². The van der Waals surface area contributed by atoms with Crippen molar-refractivity contribution in [2.45, 2.75) is 0 Å². The summed E-state index contributed by atoms with van der Waals surface area (Å²) in [6.07, 6.45) is 0.901. The number of halogens is 2. The van der Waals surface area contributed by atoms with Crippen LogP contribution in [0.2, 0.25) is 0 Å². The summed E-state index contributed by atoms with van der Waals surface area (Å²) in [5.41, 5.74) is 0.0676. The zero-order valence-electron chi connectivity index (χ0n) is 13.0. The standard InChI is InChI=1S/C16H13F2N3O3S/c1-25(23,24)21(13-4-2-3-11(7-13)9-19)10-16(22)20-15-6-5-12(17)8-14(15)18/h2-8H,10H2,1H3,(H,20,22). The van der Waals surface area contributed by atoms with Crippen LogP contribution in [0, 0.1) is 23.0 Å². The molecular formula is C16H13F2N3O3S. The molecule has 2 aromatic carbocycles. The van der Waals surface area contributed by atoms with E-state index in [0.717, 1.165) is 22.7 Å². The van der Waals surface area contributed by atoms with Crippen molar-refractivity contribution in [3.05, 3.63) is 59.7 Å². The van der Waals surface area contributed by atoms with Crippen molar-refractivity contribution in [3.8, 4) is 6.07 Å². The maximum atomic E-state index is 13.6. The van der Waals surface area contributed by atoms with Gasteiger partial charge in [0.25, 0.3) is 0 Å². The van der Waals surface area contributed by atoms with Crippen LogP contribution in [-0.2, 0) is 14.8 Å². The molecule has 6 nitrogen and oxygen atoms in total. The molecule has 0 bridgehead atoms. The number of rotatable bonds is 5. The van der Waals surface area contributed by atoms with E-state index in [0.29, 0.717) is 6.07 Å². The molecule has 0 atom stereocenters. The summed E-state index contributed by atoms with van der Waals surface area (Å²) >= 11 is 0. The van der Waals surface area contributed by atoms with Gasteiger partial charge < -0.3 is 5.32 Å². The second-order valence-corrected chi connectivity index (χ2v) is 7.01. The van der Waals surface area contributed by atoms with E-state index in [4.69, 9.17) is 5.26 Å². The van der Waals surface area contributed by atoms with Crippen molar-refractivity contribution in [1.29, 1.82) is 5.26 Å². The molecule has 0 unspecified atom stereocenters. The van der Waals surface area contributed by atoms with E-state index in [2.05, 4.69) is 5.32 Å². The van der Waals surface area contributed by atoms with Gasteiger partial charge in [-0.15, -0.1) is 0 Å². The number of amides is 1. The molecule has 1 amide bonds. The van der Waals surface area contributed by atoms with Gasteiger partial charge >= 0.3 is 0 Å². The van der Waals surface area contributed by atoms with Crippen LogP contribution in [0.1, 0.15) is 5.56 Å². The predicted octanol–water partition coefficient (Wildman–Crippen LogP) is 2.24. The largest absolute Gasteiger partial charge is 0.322 e. The first kappa shape index (κ1) is 18.4. The number of benzene rings is 2. The number of nitriles is 1. The summed E-state index contributed by atoms with van der Waals surface area (Å²) in [6.45, 7) is -0.634. The molecule has 130 valence electrons. The van der Waals surface area contributed by atoms with E-state index >= 15 is 0 Å². The molecule has 0 aromatic heterocycles. The van der Waals surface area contributed by atoms with Gasteiger partial charge in [0.05, 0.1) is 29.3 Å². The first-order chi connectivity index (χ1) is 11.7. The molecule has 0 aliphatic heterocycles. The van der Waals surface area contributed by atoms with Gasteiger partial charge in [0.2, 0.25) is 15.9 Å². The summed E-state index contributed by atoms with van der Waals surface area (Å²) in [5.74, 6) is -2.61. The Kier molecular flexibility index (Phi) is 5.34. The molecule has 0 heterocycles. The minimum absolute atomic E-state index is 0.122. The Morgan fingerprint density at radius 1 is 1.24 bits per heavy atom. The number of nitrogens with one attached hydrogen (secondary N) is 1. The fraction of sp³-hybridized carbons (Fsp3) is 0.125. The molecule has 0 spiro atoms. The Hall–Kier alpha value is -2.99. The molecule has 0 radical (unpaired) electrons. The third kappa shape index (κ3) is 4.74. The maximum Gasteiger partial charge on any atom is 0.245 e. The Labute approximate surface area is 143 Å². The minimum Gasteiger partial charge on any atom is -0.322 e. The zero-order valence-corrected chi connectivity index (χ0v) is 13.8. The summed E-state index contributed by atoms with van der Waals surface area (Å²) < 4.78 is 51.2. The lowest BCUT2D eigenvalue weighted by Crippen LogP contribution is -2.37. The van der Waals surface area contributed by atoms with Gasteiger partial charge in [0.1, 0.15) is 18.2 Å². The van der Waals surface area contributed by atoms with E-state index in [-0.39, 0.29) is 16.9 Å². The van der Waals surface area contributed by atoms with Crippen molar-refractivity contribution >= 4 is 27.3 Å². The number of hydrogen-bond donors (Lipinski definition) is 1. The SMILES string of the molecule is CS(=O)(=O)N(CC(=O)Nc1ccc(F)cc1F)c1cccc(C#N)c1. The molecule has 0 saturated heterocycles. The Morgan fingerprint density at radius 3 is 2.56 bits per heavy atom. The smallest absolute Gasteiger partial charge is 0.245 e. The average Bonchev–Trinajstić information content (AvgIpc) is 2.54. The molecule has 25 heavy (non-hydrogen) atoms. The third-order valence-electron chi connectivity index (χ3n) is 3.16. The Balaban J connectivity index is 2.25. The highest BCUT2D eigenvalue weighted by atomic mass is 32.2. The molecule has 0 fully saturated rings. The molecule has 0 aliphatic rings. The van der Waals surface area contributed by atoms with E-state index in [1.54, 1.807) is 0 Å². The van der Waals surface area contributed by atoms with Gasteiger partial charge in [-0.3, -0.25) is 9.10 Å². The lowest BCUT2D eigenvalue weighted by atomic mass is 10.2. The number of hydrogen-bond acceptors (Lipinski definition) is 4. The van der Waals surface area contributed by atoms with Crippen LogP contribution < -0.4 is 9.62 Å². The minimum atomic E-state index is -3.84. The van der Waals surface area contributed by atoms with Gasteiger partial charge in [-0.1, -0.05) is 6.07 Å². The number of carbonyl (C=O) groups excluding carboxylic acids is 1. The highest BCUT2D eigenvalue weighted by Gasteiger charge is 2.21. The Bertz CT molecular complexity index is 955. The fourth-order valence-corrected chi connectivity index (χ4v) is 2.89.